The standard InChI is InChI=1S/C7H9IN2O6S2/c1-5-7(17-16-15-11)10-6(4-9-5)14-18(12,13)3-2-8/h4,11H,2-3H2,1H3. The first-order chi connectivity index (χ1) is 8.48. The second-order valence-electron chi connectivity index (χ2n) is 2.86. The maximum absolute atomic E-state index is 11.4. The number of hydrogen-bond donors (Lipinski definition) is 1. The number of aromatic nitrogens is 2. The molecule has 0 aliphatic rings. The minimum absolute atomic E-state index is 0.123. The van der Waals surface area contributed by atoms with Crippen LogP contribution in [0.25, 0.3) is 0 Å². The molecule has 0 atom stereocenters. The lowest BCUT2D eigenvalue weighted by atomic mass is 10.5. The van der Waals surface area contributed by atoms with Gasteiger partial charge in [0.25, 0.3) is 5.88 Å². The minimum Gasteiger partial charge on any atom is -0.360 e. The van der Waals surface area contributed by atoms with Crippen molar-refractivity contribution in [2.24, 2.45) is 0 Å². The first-order valence-electron chi connectivity index (χ1n) is 4.45. The van der Waals surface area contributed by atoms with Crippen LogP contribution in [0.5, 0.6) is 5.88 Å². The van der Waals surface area contributed by atoms with Crippen LogP contribution in [-0.4, -0.2) is 33.8 Å². The Morgan fingerprint density at radius 3 is 2.89 bits per heavy atom. The Kier molecular flexibility index (Phi) is 6.51. The fourth-order valence-corrected chi connectivity index (χ4v) is 3.48. The van der Waals surface area contributed by atoms with Gasteiger partial charge in [-0.3, -0.25) is 4.98 Å². The average molecular weight is 408 g/mol. The number of hydrogen-bond acceptors (Lipinski definition) is 9. The van der Waals surface area contributed by atoms with Crippen molar-refractivity contribution in [2.75, 3.05) is 10.2 Å². The van der Waals surface area contributed by atoms with Crippen molar-refractivity contribution in [3.63, 3.8) is 0 Å². The van der Waals surface area contributed by atoms with Gasteiger partial charge in [-0.2, -0.15) is 8.42 Å². The summed E-state index contributed by atoms with van der Waals surface area (Å²) in [5.74, 6) is -0.295. The molecule has 11 heteroatoms. The van der Waals surface area contributed by atoms with E-state index < -0.39 is 10.1 Å². The molecule has 0 aromatic carbocycles. The van der Waals surface area contributed by atoms with Crippen molar-refractivity contribution >= 4 is 44.8 Å². The Balaban J connectivity index is 2.84. The van der Waals surface area contributed by atoms with E-state index in [1.165, 1.54) is 6.20 Å². The predicted molar refractivity (Wildman–Crippen MR) is 70.7 cm³/mol. The molecule has 0 saturated heterocycles. The largest absolute Gasteiger partial charge is 0.360 e. The van der Waals surface area contributed by atoms with Crippen molar-refractivity contribution in [1.29, 1.82) is 0 Å². The highest BCUT2D eigenvalue weighted by Crippen LogP contribution is 2.22. The smallest absolute Gasteiger partial charge is 0.311 e. The summed E-state index contributed by atoms with van der Waals surface area (Å²) in [7, 11) is -3.68. The third kappa shape index (κ3) is 5.19. The van der Waals surface area contributed by atoms with Gasteiger partial charge in [0.05, 0.1) is 29.7 Å². The van der Waals surface area contributed by atoms with E-state index in [1.54, 1.807) is 6.92 Å². The predicted octanol–water partition coefficient (Wildman–Crippen LogP) is 1.36. The normalized spacial score (nSPS) is 11.5. The topological polar surface area (TPSA) is 108 Å². The summed E-state index contributed by atoms with van der Waals surface area (Å²) in [5, 5.41) is 11.7. The number of rotatable bonds is 7. The van der Waals surface area contributed by atoms with Crippen LogP contribution in [-0.2, 0) is 19.5 Å². The van der Waals surface area contributed by atoms with Crippen molar-refractivity contribution in [2.45, 2.75) is 11.9 Å². The van der Waals surface area contributed by atoms with Gasteiger partial charge in [-0.1, -0.05) is 27.6 Å². The van der Waals surface area contributed by atoms with Crippen LogP contribution in [0.4, 0.5) is 0 Å². The molecule has 0 radical (unpaired) electrons. The third-order valence-electron chi connectivity index (χ3n) is 1.57. The molecule has 1 aromatic rings. The number of nitrogens with zero attached hydrogens (tertiary/aromatic N) is 2. The van der Waals surface area contributed by atoms with Crippen molar-refractivity contribution in [3.8, 4) is 5.88 Å². The highest BCUT2D eigenvalue weighted by atomic mass is 127. The van der Waals surface area contributed by atoms with E-state index in [1.807, 2.05) is 22.6 Å². The van der Waals surface area contributed by atoms with Gasteiger partial charge in [0.1, 0.15) is 0 Å². The molecule has 0 amide bonds. The van der Waals surface area contributed by atoms with E-state index in [9.17, 15) is 8.42 Å². The lowest BCUT2D eigenvalue weighted by Crippen LogP contribution is -2.15. The summed E-state index contributed by atoms with van der Waals surface area (Å²) < 4.78 is 32.2. The average Bonchev–Trinajstić information content (AvgIpc) is 2.29. The molecular formula is C7H9IN2O6S2. The van der Waals surface area contributed by atoms with Gasteiger partial charge in [0.15, 0.2) is 5.03 Å². The van der Waals surface area contributed by atoms with Gasteiger partial charge >= 0.3 is 10.1 Å². The van der Waals surface area contributed by atoms with Crippen LogP contribution in [0.15, 0.2) is 11.2 Å². The molecule has 8 nitrogen and oxygen atoms in total. The molecule has 18 heavy (non-hydrogen) atoms. The zero-order chi connectivity index (χ0) is 13.6. The molecule has 0 saturated carbocycles. The van der Waals surface area contributed by atoms with E-state index in [4.69, 9.17) is 9.44 Å². The zero-order valence-corrected chi connectivity index (χ0v) is 12.9. The van der Waals surface area contributed by atoms with E-state index in [-0.39, 0.29) is 16.7 Å². The highest BCUT2D eigenvalue weighted by Gasteiger charge is 2.15. The fraction of sp³-hybridized carbons (Fsp3) is 0.429. The van der Waals surface area contributed by atoms with Gasteiger partial charge in [-0.15, -0.1) is 4.33 Å². The van der Waals surface area contributed by atoms with Crippen LogP contribution in [0.1, 0.15) is 5.69 Å². The molecule has 0 unspecified atom stereocenters. The molecule has 0 spiro atoms. The van der Waals surface area contributed by atoms with Crippen LogP contribution in [0, 0.1) is 6.92 Å². The van der Waals surface area contributed by atoms with Gasteiger partial charge in [-0.05, 0) is 6.92 Å². The summed E-state index contributed by atoms with van der Waals surface area (Å²) in [6.07, 6.45) is 1.18. The van der Waals surface area contributed by atoms with E-state index in [0.717, 1.165) is 0 Å². The Hall–Kier alpha value is -0.210. The molecular weight excluding hydrogens is 399 g/mol. The van der Waals surface area contributed by atoms with E-state index in [0.29, 0.717) is 22.2 Å². The van der Waals surface area contributed by atoms with Crippen molar-refractivity contribution < 1.29 is 27.2 Å². The first-order valence-corrected chi connectivity index (χ1v) is 8.29. The molecule has 0 fully saturated rings. The summed E-state index contributed by atoms with van der Waals surface area (Å²) in [6.45, 7) is 1.62. The quantitative estimate of drug-likeness (QED) is 0.179. The lowest BCUT2D eigenvalue weighted by molar-refractivity contribution is -0.432. The molecule has 1 rings (SSSR count). The van der Waals surface area contributed by atoms with Crippen molar-refractivity contribution in [1.82, 2.24) is 9.97 Å². The van der Waals surface area contributed by atoms with Crippen LogP contribution >= 0.6 is 34.6 Å². The summed E-state index contributed by atoms with van der Waals surface area (Å²) in [4.78, 5) is 7.74. The highest BCUT2D eigenvalue weighted by molar-refractivity contribution is 14.1. The Morgan fingerprint density at radius 1 is 1.56 bits per heavy atom. The number of alkyl halides is 1. The molecule has 0 aliphatic carbocycles. The second kappa shape index (κ2) is 7.40. The van der Waals surface area contributed by atoms with Gasteiger partial charge in [0.2, 0.25) is 0 Å². The van der Waals surface area contributed by atoms with Gasteiger partial charge in [-0.25, -0.2) is 10.2 Å². The van der Waals surface area contributed by atoms with Crippen LogP contribution < -0.4 is 4.18 Å². The van der Waals surface area contributed by atoms with E-state index >= 15 is 0 Å². The first kappa shape index (κ1) is 15.8. The maximum atomic E-state index is 11.4. The van der Waals surface area contributed by atoms with Crippen LogP contribution in [0.2, 0.25) is 0 Å². The zero-order valence-electron chi connectivity index (χ0n) is 9.07. The summed E-state index contributed by atoms with van der Waals surface area (Å²) in [5.41, 5.74) is 0.468. The Bertz CT molecular complexity index is 497. The number of halogens is 1. The Labute approximate surface area is 121 Å². The molecule has 1 heterocycles. The SMILES string of the molecule is Cc1ncc(OS(=O)(=O)CCI)nc1SOOO. The summed E-state index contributed by atoms with van der Waals surface area (Å²) in [6, 6.07) is 0. The second-order valence-corrected chi connectivity index (χ2v) is 6.32. The van der Waals surface area contributed by atoms with Crippen LogP contribution in [0.3, 0.4) is 0 Å². The summed E-state index contributed by atoms with van der Waals surface area (Å²) >= 11 is 2.50. The molecule has 0 bridgehead atoms. The molecule has 102 valence electrons. The monoisotopic (exact) mass is 408 g/mol. The third-order valence-corrected chi connectivity index (χ3v) is 4.65. The molecule has 1 N–H and O–H groups in total. The fourth-order valence-electron chi connectivity index (χ4n) is 0.850. The lowest BCUT2D eigenvalue weighted by Gasteiger charge is -2.06. The Morgan fingerprint density at radius 2 is 2.28 bits per heavy atom. The van der Waals surface area contributed by atoms with Gasteiger partial charge < -0.3 is 4.18 Å². The molecule has 1 aromatic heterocycles. The van der Waals surface area contributed by atoms with Crippen molar-refractivity contribution in [3.05, 3.63) is 11.9 Å². The van der Waals surface area contributed by atoms with Gasteiger partial charge in [0, 0.05) is 4.43 Å². The van der Waals surface area contributed by atoms with E-state index in [2.05, 4.69) is 19.3 Å². The number of aryl methyl sites for hydroxylation is 1. The minimum atomic E-state index is -3.68. The maximum Gasteiger partial charge on any atom is 0.311 e. The molecule has 0 aliphatic heterocycles.